The maximum atomic E-state index is 11.9. The van der Waals surface area contributed by atoms with Gasteiger partial charge in [-0.25, -0.2) is 13.1 Å². The van der Waals surface area contributed by atoms with Crippen LogP contribution < -0.4 is 4.72 Å². The number of hydrogen-bond donors (Lipinski definition) is 2. The predicted molar refractivity (Wildman–Crippen MR) is 53.9 cm³/mol. The second-order valence-electron chi connectivity index (χ2n) is 4.63. The first-order valence-electron chi connectivity index (χ1n) is 4.54. The van der Waals surface area contributed by atoms with Crippen molar-refractivity contribution >= 4 is 16.0 Å². The van der Waals surface area contributed by atoms with Crippen LogP contribution in [0.2, 0.25) is 0 Å². The zero-order valence-corrected chi connectivity index (χ0v) is 10.3. The summed E-state index contributed by atoms with van der Waals surface area (Å²) in [5.41, 5.74) is -1.04. The summed E-state index contributed by atoms with van der Waals surface area (Å²) in [7, 11) is -4.72. The first-order valence-corrected chi connectivity index (χ1v) is 6.19. The summed E-state index contributed by atoms with van der Waals surface area (Å²) >= 11 is 0. The molecule has 0 amide bonds. The third-order valence-corrected chi connectivity index (χ3v) is 3.07. The van der Waals surface area contributed by atoms with E-state index in [2.05, 4.69) is 0 Å². The molecular weight excluding hydrogens is 263 g/mol. The van der Waals surface area contributed by atoms with Gasteiger partial charge in [0.15, 0.2) is 5.75 Å². The number of rotatable bonds is 4. The molecule has 1 atom stereocenters. The minimum Gasteiger partial charge on any atom is -0.480 e. The molecule has 102 valence electrons. The summed E-state index contributed by atoms with van der Waals surface area (Å²) in [6.45, 7) is 4.21. The van der Waals surface area contributed by atoms with Gasteiger partial charge < -0.3 is 5.11 Å². The van der Waals surface area contributed by atoms with Crippen LogP contribution in [0, 0.1) is 5.41 Å². The van der Waals surface area contributed by atoms with Gasteiger partial charge >= 0.3 is 12.1 Å². The second kappa shape index (κ2) is 4.81. The standard InChI is InChI=1S/C8H14F3NO4S/c1-7(2,3)5(6(13)14)12-17(15,16)4-8(9,10)11/h5,12H,4H2,1-3H3,(H,13,14)/t5-/m1/s1. The normalized spacial score (nSPS) is 15.6. The molecule has 0 saturated carbocycles. The number of halogens is 3. The topological polar surface area (TPSA) is 83.5 Å². The highest BCUT2D eigenvalue weighted by molar-refractivity contribution is 7.89. The Balaban J connectivity index is 4.97. The molecule has 0 fully saturated rings. The van der Waals surface area contributed by atoms with E-state index in [0.29, 0.717) is 0 Å². The average Bonchev–Trinajstić information content (AvgIpc) is 1.92. The fourth-order valence-corrected chi connectivity index (χ4v) is 2.36. The second-order valence-corrected chi connectivity index (χ2v) is 6.38. The molecule has 0 heterocycles. The molecule has 0 rings (SSSR count). The third-order valence-electron chi connectivity index (χ3n) is 1.76. The van der Waals surface area contributed by atoms with Gasteiger partial charge in [-0.05, 0) is 5.41 Å². The molecule has 0 spiro atoms. The van der Waals surface area contributed by atoms with Crippen molar-refractivity contribution in [2.24, 2.45) is 5.41 Å². The SMILES string of the molecule is CC(C)(C)[C@H](NS(=O)(=O)CC(F)(F)F)C(=O)O. The van der Waals surface area contributed by atoms with Gasteiger partial charge in [0.1, 0.15) is 6.04 Å². The largest absolute Gasteiger partial charge is 0.480 e. The van der Waals surface area contributed by atoms with Crippen LogP contribution in [0.3, 0.4) is 0 Å². The van der Waals surface area contributed by atoms with Crippen molar-refractivity contribution in [1.82, 2.24) is 4.72 Å². The molecule has 0 aliphatic carbocycles. The van der Waals surface area contributed by atoms with Crippen LogP contribution in [-0.2, 0) is 14.8 Å². The number of sulfonamides is 1. The van der Waals surface area contributed by atoms with Crippen LogP contribution >= 0.6 is 0 Å². The van der Waals surface area contributed by atoms with Crippen LogP contribution in [0.25, 0.3) is 0 Å². The number of carboxylic acids is 1. The fraction of sp³-hybridized carbons (Fsp3) is 0.875. The Hall–Kier alpha value is -0.830. The van der Waals surface area contributed by atoms with Gasteiger partial charge in [0, 0.05) is 0 Å². The van der Waals surface area contributed by atoms with E-state index in [1.165, 1.54) is 20.8 Å². The van der Waals surface area contributed by atoms with Crippen LogP contribution in [0.5, 0.6) is 0 Å². The lowest BCUT2D eigenvalue weighted by molar-refractivity contribution is -0.141. The third kappa shape index (κ3) is 6.47. The van der Waals surface area contributed by atoms with Gasteiger partial charge in [-0.1, -0.05) is 20.8 Å². The van der Waals surface area contributed by atoms with E-state index in [4.69, 9.17) is 5.11 Å². The molecule has 0 aliphatic rings. The molecule has 17 heavy (non-hydrogen) atoms. The van der Waals surface area contributed by atoms with E-state index in [-0.39, 0.29) is 0 Å². The first-order chi connectivity index (χ1) is 7.25. The molecule has 0 aromatic rings. The van der Waals surface area contributed by atoms with Gasteiger partial charge in [0.05, 0.1) is 0 Å². The molecule has 0 aromatic carbocycles. The highest BCUT2D eigenvalue weighted by Gasteiger charge is 2.40. The van der Waals surface area contributed by atoms with Crippen molar-refractivity contribution in [2.75, 3.05) is 5.75 Å². The molecular formula is C8H14F3NO4S. The number of carbonyl (C=O) groups is 1. The molecule has 0 radical (unpaired) electrons. The Labute approximate surface area is 97.1 Å². The minimum absolute atomic E-state index is 1.04. The van der Waals surface area contributed by atoms with E-state index in [1.807, 2.05) is 0 Å². The monoisotopic (exact) mass is 277 g/mol. The molecule has 9 heteroatoms. The molecule has 0 bridgehead atoms. The van der Waals surface area contributed by atoms with E-state index >= 15 is 0 Å². The van der Waals surface area contributed by atoms with Crippen LogP contribution in [0.15, 0.2) is 0 Å². The number of aliphatic carboxylic acids is 1. The molecule has 0 aliphatic heterocycles. The fourth-order valence-electron chi connectivity index (χ4n) is 1.03. The molecule has 5 nitrogen and oxygen atoms in total. The Kier molecular flexibility index (Phi) is 4.57. The van der Waals surface area contributed by atoms with Crippen molar-refractivity contribution in [3.05, 3.63) is 0 Å². The number of nitrogens with one attached hydrogen (secondary N) is 1. The summed E-state index contributed by atoms with van der Waals surface area (Å²) in [6, 6.07) is -1.62. The Bertz CT molecular complexity index is 383. The zero-order chi connectivity index (χ0) is 14.1. The summed E-state index contributed by atoms with van der Waals surface area (Å²) in [6.07, 6.45) is -4.91. The van der Waals surface area contributed by atoms with E-state index < -0.39 is 39.4 Å². The smallest absolute Gasteiger partial charge is 0.404 e. The summed E-state index contributed by atoms with van der Waals surface area (Å²) in [5.74, 6) is -3.62. The van der Waals surface area contributed by atoms with Crippen molar-refractivity contribution in [2.45, 2.75) is 33.0 Å². The van der Waals surface area contributed by atoms with Gasteiger partial charge in [0.2, 0.25) is 10.0 Å². The Morgan fingerprint density at radius 1 is 1.29 bits per heavy atom. The Morgan fingerprint density at radius 2 is 1.71 bits per heavy atom. The van der Waals surface area contributed by atoms with Gasteiger partial charge in [0.25, 0.3) is 0 Å². The van der Waals surface area contributed by atoms with Crippen LogP contribution in [-0.4, -0.2) is 37.5 Å². The summed E-state index contributed by atoms with van der Waals surface area (Å²) in [4.78, 5) is 10.8. The quantitative estimate of drug-likeness (QED) is 0.802. The van der Waals surface area contributed by atoms with Crippen molar-refractivity contribution in [3.8, 4) is 0 Å². The Morgan fingerprint density at radius 3 is 1.94 bits per heavy atom. The maximum Gasteiger partial charge on any atom is 0.404 e. The first kappa shape index (κ1) is 16.2. The van der Waals surface area contributed by atoms with Crippen molar-refractivity contribution in [1.29, 1.82) is 0 Å². The average molecular weight is 277 g/mol. The highest BCUT2D eigenvalue weighted by atomic mass is 32.2. The van der Waals surface area contributed by atoms with Crippen molar-refractivity contribution in [3.63, 3.8) is 0 Å². The predicted octanol–water partition coefficient (Wildman–Crippen LogP) is 0.967. The highest BCUT2D eigenvalue weighted by Crippen LogP contribution is 2.22. The lowest BCUT2D eigenvalue weighted by Crippen LogP contribution is -2.50. The minimum atomic E-state index is -4.91. The van der Waals surface area contributed by atoms with Crippen molar-refractivity contribution < 1.29 is 31.5 Å². The summed E-state index contributed by atoms with van der Waals surface area (Å²) < 4.78 is 59.6. The zero-order valence-electron chi connectivity index (χ0n) is 9.50. The lowest BCUT2D eigenvalue weighted by atomic mass is 9.88. The van der Waals surface area contributed by atoms with E-state index in [0.717, 1.165) is 0 Å². The van der Waals surface area contributed by atoms with Gasteiger partial charge in [-0.2, -0.15) is 13.2 Å². The van der Waals surface area contributed by atoms with Crippen LogP contribution in [0.1, 0.15) is 20.8 Å². The molecule has 0 unspecified atom stereocenters. The number of carboxylic acid groups (broad SMARTS) is 1. The number of alkyl halides is 3. The van der Waals surface area contributed by atoms with Gasteiger partial charge in [-0.3, -0.25) is 4.79 Å². The van der Waals surface area contributed by atoms with Gasteiger partial charge in [-0.15, -0.1) is 0 Å². The molecule has 0 saturated heterocycles. The molecule has 0 aromatic heterocycles. The molecule has 2 N–H and O–H groups in total. The van der Waals surface area contributed by atoms with E-state index in [1.54, 1.807) is 4.72 Å². The number of hydrogen-bond acceptors (Lipinski definition) is 3. The summed E-state index contributed by atoms with van der Waals surface area (Å²) in [5, 5.41) is 8.76. The van der Waals surface area contributed by atoms with E-state index in [9.17, 15) is 26.4 Å². The lowest BCUT2D eigenvalue weighted by Gasteiger charge is -2.27. The van der Waals surface area contributed by atoms with Crippen LogP contribution in [0.4, 0.5) is 13.2 Å². The maximum absolute atomic E-state index is 11.9.